The second-order valence-electron chi connectivity index (χ2n) is 4.45. The Morgan fingerprint density at radius 2 is 2.26 bits per heavy atom. The smallest absolute Gasteiger partial charge is 0.243 e. The molecule has 0 radical (unpaired) electrons. The summed E-state index contributed by atoms with van der Waals surface area (Å²) < 4.78 is 0. The van der Waals surface area contributed by atoms with Crippen molar-refractivity contribution in [3.8, 4) is 0 Å². The third-order valence-electron chi connectivity index (χ3n) is 2.60. The summed E-state index contributed by atoms with van der Waals surface area (Å²) in [5, 5.41) is 6.16. The minimum atomic E-state index is -0.00629. The number of hydrogen-bond acceptors (Lipinski definition) is 3. The zero-order chi connectivity index (χ0) is 13.9. The molecule has 1 amide bonds. The Morgan fingerprint density at radius 3 is 3.00 bits per heavy atom. The number of carbonyl (C=O) groups excluding carboxylic acids is 1. The van der Waals surface area contributed by atoms with E-state index in [4.69, 9.17) is 0 Å². The van der Waals surface area contributed by atoms with Gasteiger partial charge in [-0.25, -0.2) is 0 Å². The maximum Gasteiger partial charge on any atom is 0.243 e. The molecule has 0 atom stereocenters. The molecule has 1 aromatic rings. The van der Waals surface area contributed by atoms with Crippen molar-refractivity contribution in [3.63, 3.8) is 0 Å². The zero-order valence-electron chi connectivity index (χ0n) is 11.8. The first kappa shape index (κ1) is 15.2. The minimum absolute atomic E-state index is 0.00629. The Kier molecular flexibility index (Phi) is 7.32. The molecule has 0 spiro atoms. The molecular weight excluding hydrogens is 238 g/mol. The highest BCUT2D eigenvalue weighted by atomic mass is 16.1. The monoisotopic (exact) mass is 261 g/mol. The topological polar surface area (TPSA) is 54.0 Å². The van der Waals surface area contributed by atoms with Gasteiger partial charge in [0.25, 0.3) is 0 Å². The summed E-state index contributed by atoms with van der Waals surface area (Å²) in [6.07, 6.45) is 8.23. The summed E-state index contributed by atoms with van der Waals surface area (Å²) in [7, 11) is 0. The first-order valence-electron chi connectivity index (χ1n) is 6.83. The number of pyridine rings is 1. The summed E-state index contributed by atoms with van der Waals surface area (Å²) in [6.45, 7) is 5.58. The Bertz CT molecular complexity index is 416. The number of allylic oxidation sites excluding steroid dienone is 1. The van der Waals surface area contributed by atoms with Crippen LogP contribution in [0.15, 0.2) is 30.5 Å². The van der Waals surface area contributed by atoms with Gasteiger partial charge in [-0.1, -0.05) is 19.4 Å². The van der Waals surface area contributed by atoms with Crippen molar-refractivity contribution in [2.45, 2.75) is 33.1 Å². The van der Waals surface area contributed by atoms with E-state index >= 15 is 0 Å². The number of aromatic nitrogens is 1. The highest BCUT2D eigenvalue weighted by Crippen LogP contribution is 2.06. The molecule has 1 heterocycles. The Morgan fingerprint density at radius 1 is 1.42 bits per heavy atom. The van der Waals surface area contributed by atoms with Crippen LogP contribution in [0.25, 0.3) is 0 Å². The van der Waals surface area contributed by atoms with Gasteiger partial charge in [-0.2, -0.15) is 0 Å². The summed E-state index contributed by atoms with van der Waals surface area (Å²) in [4.78, 5) is 15.5. The molecule has 0 saturated carbocycles. The number of aryl methyl sites for hydroxylation is 1. The van der Waals surface area contributed by atoms with E-state index in [9.17, 15) is 4.79 Å². The van der Waals surface area contributed by atoms with Gasteiger partial charge in [-0.3, -0.25) is 9.78 Å². The minimum Gasteiger partial charge on any atom is -0.385 e. The van der Waals surface area contributed by atoms with Crippen LogP contribution in [0.1, 0.15) is 31.9 Å². The summed E-state index contributed by atoms with van der Waals surface area (Å²) in [5.74, 6) is -0.00629. The molecule has 1 rings (SSSR count). The van der Waals surface area contributed by atoms with Gasteiger partial charge in [0.05, 0.1) is 0 Å². The summed E-state index contributed by atoms with van der Waals surface area (Å²) >= 11 is 0. The van der Waals surface area contributed by atoms with Crippen LogP contribution in [0.3, 0.4) is 0 Å². The Hall–Kier alpha value is -1.84. The molecule has 0 bridgehead atoms. The fourth-order valence-electron chi connectivity index (χ4n) is 1.60. The van der Waals surface area contributed by atoms with Crippen LogP contribution >= 0.6 is 0 Å². The van der Waals surface area contributed by atoms with Crippen LogP contribution in [0.2, 0.25) is 0 Å². The Balaban J connectivity index is 2.09. The molecule has 0 saturated heterocycles. The van der Waals surface area contributed by atoms with Crippen LogP contribution in [0, 0.1) is 6.92 Å². The van der Waals surface area contributed by atoms with E-state index in [0.29, 0.717) is 6.54 Å². The van der Waals surface area contributed by atoms with E-state index in [2.05, 4.69) is 22.5 Å². The van der Waals surface area contributed by atoms with Crippen molar-refractivity contribution in [1.82, 2.24) is 10.3 Å². The average molecular weight is 261 g/mol. The van der Waals surface area contributed by atoms with Gasteiger partial charge in [0.1, 0.15) is 0 Å². The number of nitrogens with zero attached hydrogens (tertiary/aromatic N) is 1. The number of anilines is 1. The lowest BCUT2D eigenvalue weighted by Gasteiger charge is -2.07. The molecular formula is C15H23N3O. The molecule has 104 valence electrons. The lowest BCUT2D eigenvalue weighted by molar-refractivity contribution is -0.116. The number of carbonyl (C=O) groups is 1. The lowest BCUT2D eigenvalue weighted by Crippen LogP contribution is -2.23. The molecule has 0 aromatic carbocycles. The highest BCUT2D eigenvalue weighted by molar-refractivity contribution is 5.87. The molecule has 4 nitrogen and oxygen atoms in total. The largest absolute Gasteiger partial charge is 0.385 e. The molecule has 1 aromatic heterocycles. The van der Waals surface area contributed by atoms with Gasteiger partial charge >= 0.3 is 0 Å². The molecule has 19 heavy (non-hydrogen) atoms. The SMILES string of the molecule is CCC/C=C/C(=O)NCCCNc1ccnc(C)c1. The maximum absolute atomic E-state index is 11.4. The van der Waals surface area contributed by atoms with Crippen LogP contribution in [-0.2, 0) is 4.79 Å². The first-order valence-corrected chi connectivity index (χ1v) is 6.83. The second kappa shape index (κ2) is 9.14. The van der Waals surface area contributed by atoms with E-state index in [1.807, 2.05) is 25.1 Å². The van der Waals surface area contributed by atoms with Crippen molar-refractivity contribution in [2.75, 3.05) is 18.4 Å². The zero-order valence-corrected chi connectivity index (χ0v) is 11.8. The fraction of sp³-hybridized carbons (Fsp3) is 0.467. The van der Waals surface area contributed by atoms with Gasteiger partial charge in [0.2, 0.25) is 5.91 Å². The molecule has 0 fully saturated rings. The van der Waals surface area contributed by atoms with Crippen molar-refractivity contribution in [3.05, 3.63) is 36.2 Å². The molecule has 0 aliphatic carbocycles. The van der Waals surface area contributed by atoms with Crippen LogP contribution in [0.5, 0.6) is 0 Å². The number of nitrogens with one attached hydrogen (secondary N) is 2. The van der Waals surface area contributed by atoms with E-state index in [0.717, 1.165) is 37.2 Å². The number of hydrogen-bond donors (Lipinski definition) is 2. The van der Waals surface area contributed by atoms with Gasteiger partial charge in [0.15, 0.2) is 0 Å². The Labute approximate surface area is 115 Å². The number of amides is 1. The number of rotatable bonds is 8. The van der Waals surface area contributed by atoms with Gasteiger partial charge in [0, 0.05) is 30.7 Å². The van der Waals surface area contributed by atoms with Crippen molar-refractivity contribution in [1.29, 1.82) is 0 Å². The maximum atomic E-state index is 11.4. The van der Waals surface area contributed by atoms with E-state index in [-0.39, 0.29) is 5.91 Å². The van der Waals surface area contributed by atoms with E-state index < -0.39 is 0 Å². The third-order valence-corrected chi connectivity index (χ3v) is 2.60. The van der Waals surface area contributed by atoms with E-state index in [1.165, 1.54) is 0 Å². The fourth-order valence-corrected chi connectivity index (χ4v) is 1.60. The van der Waals surface area contributed by atoms with Crippen LogP contribution in [0.4, 0.5) is 5.69 Å². The molecule has 2 N–H and O–H groups in total. The van der Waals surface area contributed by atoms with Crippen LogP contribution in [-0.4, -0.2) is 24.0 Å². The van der Waals surface area contributed by atoms with Crippen molar-refractivity contribution >= 4 is 11.6 Å². The van der Waals surface area contributed by atoms with Gasteiger partial charge in [-0.05, 0) is 38.0 Å². The molecule has 0 unspecified atom stereocenters. The second-order valence-corrected chi connectivity index (χ2v) is 4.45. The first-order chi connectivity index (χ1) is 9.22. The highest BCUT2D eigenvalue weighted by Gasteiger charge is 1.95. The standard InChI is InChI=1S/C15H23N3O/c1-3-4-5-7-15(19)18-10-6-9-17-14-8-11-16-13(2)12-14/h5,7-8,11-12H,3-4,6,9-10H2,1-2H3,(H,16,17)(H,18,19)/b7-5+. The molecule has 0 aliphatic heterocycles. The number of unbranched alkanes of at least 4 members (excludes halogenated alkanes) is 1. The lowest BCUT2D eigenvalue weighted by atomic mass is 10.3. The predicted molar refractivity (Wildman–Crippen MR) is 79.1 cm³/mol. The van der Waals surface area contributed by atoms with E-state index in [1.54, 1.807) is 12.3 Å². The molecule has 0 aliphatic rings. The summed E-state index contributed by atoms with van der Waals surface area (Å²) in [6, 6.07) is 3.95. The molecule has 4 heteroatoms. The van der Waals surface area contributed by atoms with Gasteiger partial charge < -0.3 is 10.6 Å². The predicted octanol–water partition coefficient (Wildman–Crippen LogP) is 2.66. The normalized spacial score (nSPS) is 10.6. The quantitative estimate of drug-likeness (QED) is 0.559. The average Bonchev–Trinajstić information content (AvgIpc) is 2.39. The third kappa shape index (κ3) is 7.24. The van der Waals surface area contributed by atoms with Gasteiger partial charge in [-0.15, -0.1) is 0 Å². The van der Waals surface area contributed by atoms with Crippen molar-refractivity contribution in [2.24, 2.45) is 0 Å². The van der Waals surface area contributed by atoms with Crippen molar-refractivity contribution < 1.29 is 4.79 Å². The summed E-state index contributed by atoms with van der Waals surface area (Å²) in [5.41, 5.74) is 2.07. The van der Waals surface area contributed by atoms with Crippen LogP contribution < -0.4 is 10.6 Å².